The second-order valence-corrected chi connectivity index (χ2v) is 10.6. The number of furan rings is 1. The molecule has 0 amide bonds. The van der Waals surface area contributed by atoms with Crippen LogP contribution in [0.25, 0.3) is 82.8 Å². The van der Waals surface area contributed by atoms with Crippen molar-refractivity contribution in [3.05, 3.63) is 140 Å². The molecule has 42 heavy (non-hydrogen) atoms. The van der Waals surface area contributed by atoms with E-state index in [-0.39, 0.29) is 0 Å². The summed E-state index contributed by atoms with van der Waals surface area (Å²) in [4.78, 5) is 9.76. The van der Waals surface area contributed by atoms with Crippen LogP contribution in [0.15, 0.2) is 144 Å². The van der Waals surface area contributed by atoms with E-state index in [0.717, 1.165) is 61.0 Å². The molecule has 6 aromatic carbocycles. The molecule has 0 aliphatic heterocycles. The van der Waals surface area contributed by atoms with Gasteiger partial charge in [0.25, 0.3) is 0 Å². The van der Waals surface area contributed by atoms with Crippen molar-refractivity contribution in [2.45, 2.75) is 0 Å². The number of aromatic nitrogens is 3. The predicted molar refractivity (Wildman–Crippen MR) is 172 cm³/mol. The van der Waals surface area contributed by atoms with Gasteiger partial charge in [-0.2, -0.15) is 0 Å². The minimum Gasteiger partial charge on any atom is -0.438 e. The first-order valence-corrected chi connectivity index (χ1v) is 14.1. The maximum Gasteiger partial charge on any atom is 0.227 e. The van der Waals surface area contributed by atoms with E-state index in [0.29, 0.717) is 5.71 Å². The largest absolute Gasteiger partial charge is 0.438 e. The lowest BCUT2D eigenvalue weighted by Gasteiger charge is -2.14. The minimum absolute atomic E-state index is 0.662. The van der Waals surface area contributed by atoms with Gasteiger partial charge in [0, 0.05) is 39.0 Å². The monoisotopic (exact) mass is 537 g/mol. The lowest BCUT2D eigenvalue weighted by Crippen LogP contribution is -1.98. The fraction of sp³-hybridized carbons (Fsp3) is 0. The van der Waals surface area contributed by atoms with Crippen LogP contribution in [0.2, 0.25) is 0 Å². The molecular formula is C38H23N3O. The molecule has 0 N–H and O–H groups in total. The van der Waals surface area contributed by atoms with Crippen molar-refractivity contribution in [2.75, 3.05) is 0 Å². The molecule has 0 spiro atoms. The topological polar surface area (TPSA) is 43.9 Å². The number of imidazole rings is 1. The molecule has 9 rings (SSSR count). The van der Waals surface area contributed by atoms with Crippen LogP contribution in [-0.2, 0) is 0 Å². The molecule has 0 radical (unpaired) electrons. The molecule has 3 heterocycles. The number of pyridine rings is 1. The molecule has 196 valence electrons. The molecule has 0 aliphatic carbocycles. The number of nitrogens with zero attached hydrogens (tertiary/aromatic N) is 3. The molecule has 0 aliphatic rings. The van der Waals surface area contributed by atoms with Gasteiger partial charge in [-0.3, -0.25) is 4.57 Å². The molecule has 0 unspecified atom stereocenters. The molecule has 0 fully saturated rings. The van der Waals surface area contributed by atoms with E-state index in [9.17, 15) is 0 Å². The van der Waals surface area contributed by atoms with Gasteiger partial charge in [0.05, 0.1) is 11.0 Å². The summed E-state index contributed by atoms with van der Waals surface area (Å²) in [5, 5.41) is 6.87. The summed E-state index contributed by atoms with van der Waals surface area (Å²) in [7, 11) is 0. The van der Waals surface area contributed by atoms with Gasteiger partial charge in [-0.1, -0.05) is 97.1 Å². The van der Waals surface area contributed by atoms with Crippen LogP contribution in [0.3, 0.4) is 0 Å². The van der Waals surface area contributed by atoms with E-state index >= 15 is 0 Å². The van der Waals surface area contributed by atoms with Gasteiger partial charge in [0.2, 0.25) is 5.71 Å². The fourth-order valence-electron chi connectivity index (χ4n) is 6.35. The summed E-state index contributed by atoms with van der Waals surface area (Å²) >= 11 is 0. The maximum atomic E-state index is 5.99. The van der Waals surface area contributed by atoms with Crippen LogP contribution in [-0.4, -0.2) is 14.5 Å². The van der Waals surface area contributed by atoms with E-state index in [1.165, 1.54) is 16.2 Å². The standard InChI is InChI=1S/C38H23N3O/c1-2-10-24(11-3-1)37-40-35-30-16-6-4-14-28(30)29-15-5-7-17-31(29)36(35)41(37)27-13-8-12-25(22-27)26-19-20-34-33(23-26)32-18-9-21-39-38(32)42-34/h1-23H. The summed E-state index contributed by atoms with van der Waals surface area (Å²) < 4.78 is 8.32. The Hall–Kier alpha value is -5.74. The quantitative estimate of drug-likeness (QED) is 0.211. The van der Waals surface area contributed by atoms with Crippen molar-refractivity contribution >= 4 is 54.6 Å². The number of hydrogen-bond acceptors (Lipinski definition) is 3. The number of rotatable bonds is 3. The van der Waals surface area contributed by atoms with Gasteiger partial charge in [0.1, 0.15) is 11.4 Å². The molecule has 0 saturated heterocycles. The fourth-order valence-corrected chi connectivity index (χ4v) is 6.35. The highest BCUT2D eigenvalue weighted by atomic mass is 16.3. The predicted octanol–water partition coefficient (Wildman–Crippen LogP) is 9.96. The van der Waals surface area contributed by atoms with E-state index in [2.05, 4.69) is 125 Å². The van der Waals surface area contributed by atoms with Crippen LogP contribution in [0.1, 0.15) is 0 Å². The Morgan fingerprint density at radius 2 is 1.19 bits per heavy atom. The second-order valence-electron chi connectivity index (χ2n) is 10.6. The Morgan fingerprint density at radius 1 is 0.500 bits per heavy atom. The van der Waals surface area contributed by atoms with Gasteiger partial charge >= 0.3 is 0 Å². The van der Waals surface area contributed by atoms with Crippen LogP contribution in [0.5, 0.6) is 0 Å². The number of fused-ring (bicyclic) bond motifs is 9. The lowest BCUT2D eigenvalue weighted by molar-refractivity contribution is 0.654. The minimum atomic E-state index is 0.662. The molecule has 9 aromatic rings. The molecule has 4 nitrogen and oxygen atoms in total. The Balaban J connectivity index is 1.35. The Morgan fingerprint density at radius 3 is 2.05 bits per heavy atom. The van der Waals surface area contributed by atoms with Crippen LogP contribution in [0, 0.1) is 0 Å². The second kappa shape index (κ2) is 8.88. The van der Waals surface area contributed by atoms with Crippen molar-refractivity contribution in [1.29, 1.82) is 0 Å². The van der Waals surface area contributed by atoms with E-state index in [4.69, 9.17) is 9.40 Å². The van der Waals surface area contributed by atoms with E-state index in [1.807, 2.05) is 18.2 Å². The highest BCUT2D eigenvalue weighted by Crippen LogP contribution is 2.40. The average molecular weight is 538 g/mol. The van der Waals surface area contributed by atoms with Gasteiger partial charge in [-0.25, -0.2) is 9.97 Å². The van der Waals surface area contributed by atoms with Crippen LogP contribution < -0.4 is 0 Å². The lowest BCUT2D eigenvalue weighted by atomic mass is 9.99. The highest BCUT2D eigenvalue weighted by molar-refractivity contribution is 6.24. The van der Waals surface area contributed by atoms with Crippen molar-refractivity contribution < 1.29 is 4.42 Å². The third kappa shape index (κ3) is 3.36. The Labute approximate surface area is 241 Å². The van der Waals surface area contributed by atoms with Gasteiger partial charge < -0.3 is 4.42 Å². The third-order valence-electron chi connectivity index (χ3n) is 8.25. The zero-order chi connectivity index (χ0) is 27.6. The molecule has 4 heteroatoms. The Bertz CT molecular complexity index is 2470. The third-order valence-corrected chi connectivity index (χ3v) is 8.25. The zero-order valence-corrected chi connectivity index (χ0v) is 22.5. The van der Waals surface area contributed by atoms with Gasteiger partial charge in [-0.05, 0) is 58.3 Å². The molecular weight excluding hydrogens is 514 g/mol. The van der Waals surface area contributed by atoms with Crippen LogP contribution in [0.4, 0.5) is 0 Å². The van der Waals surface area contributed by atoms with Crippen molar-refractivity contribution in [3.63, 3.8) is 0 Å². The van der Waals surface area contributed by atoms with Gasteiger partial charge in [-0.15, -0.1) is 0 Å². The highest BCUT2D eigenvalue weighted by Gasteiger charge is 2.20. The summed E-state index contributed by atoms with van der Waals surface area (Å²) in [5.74, 6) is 0.923. The van der Waals surface area contributed by atoms with Crippen LogP contribution >= 0.6 is 0 Å². The summed E-state index contributed by atoms with van der Waals surface area (Å²) in [6.07, 6.45) is 1.77. The number of hydrogen-bond donors (Lipinski definition) is 0. The zero-order valence-electron chi connectivity index (χ0n) is 22.5. The summed E-state index contributed by atoms with van der Waals surface area (Å²) in [6.45, 7) is 0. The smallest absolute Gasteiger partial charge is 0.227 e. The maximum absolute atomic E-state index is 5.99. The SMILES string of the molecule is c1ccc(-c2nc3c4ccccc4c4ccccc4c3n2-c2cccc(-c3ccc4oc5ncccc5c4c3)c2)cc1. The molecule has 0 bridgehead atoms. The van der Waals surface area contributed by atoms with Crippen molar-refractivity contribution in [3.8, 4) is 28.2 Å². The first-order valence-electron chi connectivity index (χ1n) is 14.1. The van der Waals surface area contributed by atoms with Crippen molar-refractivity contribution in [2.24, 2.45) is 0 Å². The molecule has 0 atom stereocenters. The van der Waals surface area contributed by atoms with E-state index in [1.54, 1.807) is 6.20 Å². The average Bonchev–Trinajstić information content (AvgIpc) is 3.65. The summed E-state index contributed by atoms with van der Waals surface area (Å²) in [5.41, 5.74) is 8.01. The molecule has 0 saturated carbocycles. The Kier molecular flexibility index (Phi) is 4.87. The first-order chi connectivity index (χ1) is 20.8. The van der Waals surface area contributed by atoms with Gasteiger partial charge in [0.15, 0.2) is 0 Å². The molecule has 3 aromatic heterocycles. The number of benzene rings is 6. The van der Waals surface area contributed by atoms with E-state index < -0.39 is 0 Å². The normalized spacial score (nSPS) is 11.8. The first kappa shape index (κ1) is 23.0. The summed E-state index contributed by atoms with van der Waals surface area (Å²) in [6, 6.07) is 46.8. The van der Waals surface area contributed by atoms with Crippen molar-refractivity contribution in [1.82, 2.24) is 14.5 Å².